The number of carbonyl (C=O) groups excluding carboxylic acids is 1. The zero-order valence-corrected chi connectivity index (χ0v) is 21.9. The number of oxazole rings is 1. The molecular weight excluding hydrogens is 553 g/mol. The monoisotopic (exact) mass is 567 g/mol. The molecule has 0 aliphatic rings. The van der Waals surface area contributed by atoms with Gasteiger partial charge in [-0.1, -0.05) is 53.0 Å². The van der Waals surface area contributed by atoms with Gasteiger partial charge in [-0.15, -0.1) is 0 Å². The maximum absolute atomic E-state index is 12.4. The Balaban J connectivity index is 1.24. The summed E-state index contributed by atoms with van der Waals surface area (Å²) in [5.41, 5.74) is 3.27. The molecule has 2 heterocycles. The van der Waals surface area contributed by atoms with Gasteiger partial charge in [-0.05, 0) is 72.9 Å². The van der Waals surface area contributed by atoms with Gasteiger partial charge in [-0.3, -0.25) is 10.1 Å². The molecule has 0 fully saturated rings. The summed E-state index contributed by atoms with van der Waals surface area (Å²) in [5.74, 6) is 0.963. The quantitative estimate of drug-likeness (QED) is 0.164. The van der Waals surface area contributed by atoms with Gasteiger partial charge in [0, 0.05) is 17.2 Å². The van der Waals surface area contributed by atoms with Gasteiger partial charge in [0.15, 0.2) is 10.7 Å². The molecule has 0 radical (unpaired) electrons. The smallest absolute Gasteiger partial charge is 0.250 e. The van der Waals surface area contributed by atoms with E-state index in [1.165, 1.54) is 12.2 Å². The third-order valence-corrected chi connectivity index (χ3v) is 6.59. The summed E-state index contributed by atoms with van der Waals surface area (Å²) in [6.45, 7) is 0. The van der Waals surface area contributed by atoms with E-state index in [2.05, 4.69) is 15.6 Å². The molecule has 184 valence electrons. The predicted octanol–water partition coefficient (Wildman–Crippen LogP) is 8.24. The molecule has 37 heavy (non-hydrogen) atoms. The summed E-state index contributed by atoms with van der Waals surface area (Å²) in [5, 5.41) is 6.81. The third-order valence-electron chi connectivity index (χ3n) is 5.23. The number of benzene rings is 3. The second-order valence-corrected chi connectivity index (χ2v) is 9.36. The van der Waals surface area contributed by atoms with Crippen molar-refractivity contribution >= 4 is 80.9 Å². The van der Waals surface area contributed by atoms with E-state index in [-0.39, 0.29) is 5.11 Å². The molecule has 3 aromatic carbocycles. The second kappa shape index (κ2) is 10.8. The zero-order valence-electron chi connectivity index (χ0n) is 18.8. The number of furan rings is 1. The first-order valence-corrected chi connectivity index (χ1v) is 12.4. The zero-order chi connectivity index (χ0) is 25.9. The van der Waals surface area contributed by atoms with Gasteiger partial charge in [-0.2, -0.15) is 0 Å². The fraction of sp³-hybridized carbons (Fsp3) is 0. The fourth-order valence-corrected chi connectivity index (χ4v) is 4.26. The van der Waals surface area contributed by atoms with E-state index < -0.39 is 5.91 Å². The Bertz CT molecular complexity index is 1640. The molecule has 0 unspecified atom stereocenters. The molecule has 0 aliphatic carbocycles. The van der Waals surface area contributed by atoms with E-state index in [0.29, 0.717) is 54.9 Å². The molecule has 6 nitrogen and oxygen atoms in total. The number of hydrogen-bond acceptors (Lipinski definition) is 5. The van der Waals surface area contributed by atoms with Crippen molar-refractivity contribution in [2.24, 2.45) is 0 Å². The lowest BCUT2D eigenvalue weighted by atomic mass is 10.2. The number of hydrogen-bond donors (Lipinski definition) is 2. The number of rotatable bonds is 5. The Kier molecular flexibility index (Phi) is 7.30. The maximum Gasteiger partial charge on any atom is 0.250 e. The van der Waals surface area contributed by atoms with Crippen LogP contribution in [0.2, 0.25) is 15.1 Å². The number of carbonyl (C=O) groups is 1. The van der Waals surface area contributed by atoms with Gasteiger partial charge in [0.2, 0.25) is 11.8 Å². The summed E-state index contributed by atoms with van der Waals surface area (Å²) in [4.78, 5) is 16.9. The Morgan fingerprint density at radius 3 is 2.59 bits per heavy atom. The van der Waals surface area contributed by atoms with E-state index in [1.807, 2.05) is 24.3 Å². The van der Waals surface area contributed by atoms with Crippen LogP contribution in [-0.2, 0) is 4.79 Å². The summed E-state index contributed by atoms with van der Waals surface area (Å²) in [7, 11) is 0. The number of amides is 1. The van der Waals surface area contributed by atoms with E-state index >= 15 is 0 Å². The maximum atomic E-state index is 12.4. The van der Waals surface area contributed by atoms with Crippen molar-refractivity contribution in [2.75, 3.05) is 5.32 Å². The number of thiocarbonyl (C=S) groups is 1. The lowest BCUT2D eigenvalue weighted by Crippen LogP contribution is -2.32. The van der Waals surface area contributed by atoms with Crippen LogP contribution >= 0.6 is 47.0 Å². The first kappa shape index (κ1) is 25.0. The number of halogens is 3. The van der Waals surface area contributed by atoms with Crippen LogP contribution in [0.25, 0.3) is 40.0 Å². The Morgan fingerprint density at radius 1 is 0.919 bits per heavy atom. The van der Waals surface area contributed by atoms with E-state index in [4.69, 9.17) is 55.9 Å². The first-order chi connectivity index (χ1) is 17.9. The standard InChI is InChI=1S/C27H16Cl3N3O3S/c28-18-11-8-15(26-31-20-6-1-2-7-23(20)36-26)14-21(18)32-27(37)33-24(34)13-10-16-9-12-22(35-16)17-4-3-5-19(29)25(17)30/h1-14H,(H2,32,33,34,37). The Hall–Kier alpha value is -3.62. The van der Waals surface area contributed by atoms with Crippen molar-refractivity contribution in [3.05, 3.63) is 99.7 Å². The normalized spacial score (nSPS) is 11.2. The first-order valence-electron chi connectivity index (χ1n) is 10.9. The molecular formula is C27H16Cl3N3O3S. The fourth-order valence-electron chi connectivity index (χ4n) is 3.50. The molecule has 5 aromatic rings. The molecule has 1 amide bonds. The highest BCUT2D eigenvalue weighted by Gasteiger charge is 2.13. The minimum atomic E-state index is -0.456. The van der Waals surface area contributed by atoms with Gasteiger partial charge in [0.1, 0.15) is 17.0 Å². The highest BCUT2D eigenvalue weighted by Crippen LogP contribution is 2.34. The number of fused-ring (bicyclic) bond motifs is 1. The van der Waals surface area contributed by atoms with Crippen molar-refractivity contribution < 1.29 is 13.6 Å². The van der Waals surface area contributed by atoms with Crippen molar-refractivity contribution in [3.63, 3.8) is 0 Å². The number of aromatic nitrogens is 1. The Labute approximate surface area is 231 Å². The summed E-state index contributed by atoms with van der Waals surface area (Å²) in [6, 6.07) is 21.4. The largest absolute Gasteiger partial charge is 0.457 e. The average molecular weight is 569 g/mol. The van der Waals surface area contributed by atoms with Crippen LogP contribution in [0.15, 0.2) is 87.7 Å². The SMILES string of the molecule is O=C(C=Cc1ccc(-c2cccc(Cl)c2Cl)o1)NC(=S)Nc1cc(-c2nc3ccccc3o2)ccc1Cl. The molecule has 0 saturated carbocycles. The summed E-state index contributed by atoms with van der Waals surface area (Å²) >= 11 is 23.9. The molecule has 0 atom stereocenters. The number of nitrogens with one attached hydrogen (secondary N) is 2. The van der Waals surface area contributed by atoms with Gasteiger partial charge in [0.25, 0.3) is 0 Å². The van der Waals surface area contributed by atoms with Gasteiger partial charge < -0.3 is 14.2 Å². The number of anilines is 1. The van der Waals surface area contributed by atoms with Crippen LogP contribution in [0.4, 0.5) is 5.69 Å². The Morgan fingerprint density at radius 2 is 1.76 bits per heavy atom. The predicted molar refractivity (Wildman–Crippen MR) is 152 cm³/mol. The van der Waals surface area contributed by atoms with E-state index in [1.54, 1.807) is 48.5 Å². The molecule has 10 heteroatoms. The van der Waals surface area contributed by atoms with Crippen molar-refractivity contribution in [3.8, 4) is 22.8 Å². The van der Waals surface area contributed by atoms with Crippen LogP contribution in [0.5, 0.6) is 0 Å². The van der Waals surface area contributed by atoms with Crippen LogP contribution in [0.3, 0.4) is 0 Å². The molecule has 5 rings (SSSR count). The minimum absolute atomic E-state index is 0.0668. The lowest BCUT2D eigenvalue weighted by Gasteiger charge is -2.10. The molecule has 2 N–H and O–H groups in total. The van der Waals surface area contributed by atoms with Crippen molar-refractivity contribution in [2.45, 2.75) is 0 Å². The summed E-state index contributed by atoms with van der Waals surface area (Å²) < 4.78 is 11.6. The van der Waals surface area contributed by atoms with Gasteiger partial charge in [0.05, 0.1) is 20.8 Å². The van der Waals surface area contributed by atoms with Crippen LogP contribution in [0.1, 0.15) is 5.76 Å². The molecule has 0 saturated heterocycles. The van der Waals surface area contributed by atoms with Crippen LogP contribution in [0, 0.1) is 0 Å². The van der Waals surface area contributed by atoms with Crippen LogP contribution in [-0.4, -0.2) is 16.0 Å². The lowest BCUT2D eigenvalue weighted by molar-refractivity contribution is -0.115. The van der Waals surface area contributed by atoms with Gasteiger partial charge >= 0.3 is 0 Å². The highest BCUT2D eigenvalue weighted by molar-refractivity contribution is 7.80. The number of para-hydroxylation sites is 2. The number of nitrogens with zero attached hydrogens (tertiary/aromatic N) is 1. The molecule has 2 aromatic heterocycles. The topological polar surface area (TPSA) is 80.3 Å². The molecule has 0 aliphatic heterocycles. The van der Waals surface area contributed by atoms with Crippen LogP contribution < -0.4 is 10.6 Å². The second-order valence-electron chi connectivity index (χ2n) is 7.76. The third kappa shape index (κ3) is 5.70. The van der Waals surface area contributed by atoms with E-state index in [9.17, 15) is 4.79 Å². The van der Waals surface area contributed by atoms with E-state index in [0.717, 1.165) is 5.52 Å². The average Bonchev–Trinajstić information content (AvgIpc) is 3.53. The van der Waals surface area contributed by atoms with Crippen molar-refractivity contribution in [1.82, 2.24) is 10.3 Å². The molecule has 0 bridgehead atoms. The summed E-state index contributed by atoms with van der Waals surface area (Å²) in [6.07, 6.45) is 2.81. The van der Waals surface area contributed by atoms with Crippen molar-refractivity contribution in [1.29, 1.82) is 0 Å². The minimum Gasteiger partial charge on any atom is -0.457 e. The molecule has 0 spiro atoms. The van der Waals surface area contributed by atoms with Gasteiger partial charge in [-0.25, -0.2) is 4.98 Å². The highest BCUT2D eigenvalue weighted by atomic mass is 35.5.